The van der Waals surface area contributed by atoms with Gasteiger partial charge in [0.05, 0.1) is 18.1 Å². The van der Waals surface area contributed by atoms with Crippen molar-refractivity contribution in [2.45, 2.75) is 18.8 Å². The SMILES string of the molecule is O=C(O)[C@@H]1[C@H](C(=O)N2CCN(Cc3ccccc3)CC2)[C@H]2C=C[C@@H]1O2. The lowest BCUT2D eigenvalue weighted by Gasteiger charge is -2.37. The molecule has 0 spiro atoms. The molecule has 0 aliphatic carbocycles. The van der Waals surface area contributed by atoms with E-state index in [4.69, 9.17) is 4.74 Å². The number of rotatable bonds is 4. The van der Waals surface area contributed by atoms with Gasteiger partial charge in [-0.2, -0.15) is 0 Å². The summed E-state index contributed by atoms with van der Waals surface area (Å²) in [6.07, 6.45) is 2.75. The Bertz CT molecular complexity index is 682. The van der Waals surface area contributed by atoms with Crippen LogP contribution in [0.1, 0.15) is 5.56 Å². The highest BCUT2D eigenvalue weighted by Gasteiger charge is 2.54. The molecule has 6 nitrogen and oxygen atoms in total. The van der Waals surface area contributed by atoms with E-state index in [9.17, 15) is 14.7 Å². The molecule has 0 unspecified atom stereocenters. The van der Waals surface area contributed by atoms with Crippen LogP contribution < -0.4 is 0 Å². The Hall–Kier alpha value is -2.18. The van der Waals surface area contributed by atoms with Crippen LogP contribution in [0.5, 0.6) is 0 Å². The first-order chi connectivity index (χ1) is 12.1. The predicted octanol–water partition coefficient (Wildman–Crippen LogP) is 0.985. The molecule has 25 heavy (non-hydrogen) atoms. The average Bonchev–Trinajstić information content (AvgIpc) is 3.24. The summed E-state index contributed by atoms with van der Waals surface area (Å²) in [6, 6.07) is 10.3. The van der Waals surface area contributed by atoms with E-state index < -0.39 is 23.9 Å². The van der Waals surface area contributed by atoms with E-state index in [1.807, 2.05) is 24.3 Å². The number of hydrogen-bond donors (Lipinski definition) is 1. The number of carboxylic acids is 1. The molecule has 0 aromatic heterocycles. The smallest absolute Gasteiger partial charge is 0.310 e. The molecule has 1 amide bonds. The first kappa shape index (κ1) is 16.3. The standard InChI is InChI=1S/C19H22N2O4/c22-18(16-14-6-7-15(25-14)17(16)19(23)24)21-10-8-20(9-11-21)12-13-4-2-1-3-5-13/h1-7,14-17H,8-12H2,(H,23,24)/t14-,15+,16-,17+/m1/s1. The third kappa shape index (κ3) is 3.07. The first-order valence-corrected chi connectivity index (χ1v) is 8.75. The van der Waals surface area contributed by atoms with Crippen molar-refractivity contribution in [2.24, 2.45) is 11.8 Å². The Morgan fingerprint density at radius 2 is 1.64 bits per heavy atom. The van der Waals surface area contributed by atoms with Gasteiger partial charge in [0.15, 0.2) is 0 Å². The molecule has 0 radical (unpaired) electrons. The Balaban J connectivity index is 1.37. The molecule has 3 aliphatic heterocycles. The van der Waals surface area contributed by atoms with Gasteiger partial charge in [0.1, 0.15) is 5.92 Å². The molecular weight excluding hydrogens is 320 g/mol. The highest BCUT2D eigenvalue weighted by Crippen LogP contribution is 2.40. The first-order valence-electron chi connectivity index (χ1n) is 8.75. The minimum Gasteiger partial charge on any atom is -0.481 e. The van der Waals surface area contributed by atoms with Gasteiger partial charge < -0.3 is 14.7 Å². The summed E-state index contributed by atoms with van der Waals surface area (Å²) in [4.78, 5) is 28.6. The number of fused-ring (bicyclic) bond motifs is 2. The van der Waals surface area contributed by atoms with Crippen LogP contribution in [0.25, 0.3) is 0 Å². The largest absolute Gasteiger partial charge is 0.481 e. The molecule has 0 saturated carbocycles. The van der Waals surface area contributed by atoms with Crippen molar-refractivity contribution in [2.75, 3.05) is 26.2 Å². The molecule has 6 heteroatoms. The maximum absolute atomic E-state index is 12.9. The van der Waals surface area contributed by atoms with E-state index in [0.717, 1.165) is 19.6 Å². The highest BCUT2D eigenvalue weighted by molar-refractivity contribution is 5.87. The number of carbonyl (C=O) groups is 2. The number of amides is 1. The fourth-order valence-electron chi connectivity index (χ4n) is 4.08. The fraction of sp³-hybridized carbons (Fsp3) is 0.474. The molecule has 3 aliphatic rings. The molecule has 3 heterocycles. The van der Waals surface area contributed by atoms with Gasteiger partial charge in [-0.15, -0.1) is 0 Å². The molecule has 132 valence electrons. The molecule has 1 aromatic rings. The van der Waals surface area contributed by atoms with Crippen LogP contribution in [0.15, 0.2) is 42.5 Å². The zero-order chi connectivity index (χ0) is 17.4. The minimum atomic E-state index is -0.946. The lowest BCUT2D eigenvalue weighted by Crippen LogP contribution is -2.52. The molecule has 4 rings (SSSR count). The number of carboxylic acid groups (broad SMARTS) is 1. The number of aliphatic carboxylic acids is 1. The summed E-state index contributed by atoms with van der Waals surface area (Å²) >= 11 is 0. The third-order valence-corrected chi connectivity index (χ3v) is 5.40. The number of hydrogen-bond acceptors (Lipinski definition) is 4. The normalized spacial score (nSPS) is 31.4. The van der Waals surface area contributed by atoms with Gasteiger partial charge in [0, 0.05) is 32.7 Å². The second-order valence-corrected chi connectivity index (χ2v) is 6.93. The van der Waals surface area contributed by atoms with Crippen LogP contribution in [-0.4, -0.2) is 65.2 Å². The lowest BCUT2D eigenvalue weighted by molar-refractivity contribution is -0.150. The molecule has 4 atom stereocenters. The number of benzene rings is 1. The van der Waals surface area contributed by atoms with Crippen LogP contribution in [0.3, 0.4) is 0 Å². The van der Waals surface area contributed by atoms with Gasteiger partial charge >= 0.3 is 5.97 Å². The number of nitrogens with zero attached hydrogens (tertiary/aromatic N) is 2. The van der Waals surface area contributed by atoms with Gasteiger partial charge in [0.2, 0.25) is 5.91 Å². The van der Waals surface area contributed by atoms with E-state index in [0.29, 0.717) is 13.1 Å². The average molecular weight is 342 g/mol. The van der Waals surface area contributed by atoms with Gasteiger partial charge in [-0.3, -0.25) is 14.5 Å². The van der Waals surface area contributed by atoms with Crippen molar-refractivity contribution in [1.82, 2.24) is 9.80 Å². The summed E-state index contributed by atoms with van der Waals surface area (Å²) in [5.41, 5.74) is 1.26. The summed E-state index contributed by atoms with van der Waals surface area (Å²) in [5, 5.41) is 9.47. The Morgan fingerprint density at radius 1 is 1.00 bits per heavy atom. The van der Waals surface area contributed by atoms with E-state index in [1.54, 1.807) is 11.0 Å². The number of ether oxygens (including phenoxy) is 1. The van der Waals surface area contributed by atoms with Crippen LogP contribution in [0.2, 0.25) is 0 Å². The maximum Gasteiger partial charge on any atom is 0.310 e. The van der Waals surface area contributed by atoms with E-state index in [2.05, 4.69) is 17.0 Å². The summed E-state index contributed by atoms with van der Waals surface area (Å²) in [5.74, 6) is -2.38. The highest BCUT2D eigenvalue weighted by atomic mass is 16.5. The van der Waals surface area contributed by atoms with Crippen LogP contribution in [-0.2, 0) is 20.9 Å². The van der Waals surface area contributed by atoms with Crippen LogP contribution >= 0.6 is 0 Å². The number of piperazine rings is 1. The summed E-state index contributed by atoms with van der Waals surface area (Å²) in [6.45, 7) is 3.75. The maximum atomic E-state index is 12.9. The predicted molar refractivity (Wildman–Crippen MR) is 90.7 cm³/mol. The molecule has 2 fully saturated rings. The topological polar surface area (TPSA) is 70.1 Å². The van der Waals surface area contributed by atoms with Crippen LogP contribution in [0.4, 0.5) is 0 Å². The zero-order valence-corrected chi connectivity index (χ0v) is 14.0. The number of carbonyl (C=O) groups excluding carboxylic acids is 1. The summed E-state index contributed by atoms with van der Waals surface area (Å²) < 4.78 is 5.62. The van der Waals surface area contributed by atoms with Gasteiger partial charge in [-0.1, -0.05) is 42.5 Å². The Kier molecular flexibility index (Phi) is 4.31. The lowest BCUT2D eigenvalue weighted by atomic mass is 9.82. The fourth-order valence-corrected chi connectivity index (χ4v) is 4.08. The van der Waals surface area contributed by atoms with Crippen molar-refractivity contribution in [3.63, 3.8) is 0 Å². The molecule has 2 bridgehead atoms. The summed E-state index contributed by atoms with van der Waals surface area (Å²) in [7, 11) is 0. The van der Waals surface area contributed by atoms with Crippen LogP contribution in [0, 0.1) is 11.8 Å². The molecular formula is C19H22N2O4. The van der Waals surface area contributed by atoms with E-state index >= 15 is 0 Å². The second kappa shape index (κ2) is 6.61. The molecule has 1 N–H and O–H groups in total. The van der Waals surface area contributed by atoms with Gasteiger partial charge in [0.25, 0.3) is 0 Å². The molecule has 1 aromatic carbocycles. The minimum absolute atomic E-state index is 0.0800. The third-order valence-electron chi connectivity index (χ3n) is 5.40. The van der Waals surface area contributed by atoms with Crippen molar-refractivity contribution < 1.29 is 19.4 Å². The molecule has 2 saturated heterocycles. The van der Waals surface area contributed by atoms with Gasteiger partial charge in [-0.25, -0.2) is 0 Å². The second-order valence-electron chi connectivity index (χ2n) is 6.93. The zero-order valence-electron chi connectivity index (χ0n) is 14.0. The Morgan fingerprint density at radius 3 is 2.28 bits per heavy atom. The monoisotopic (exact) mass is 342 g/mol. The van der Waals surface area contributed by atoms with Gasteiger partial charge in [-0.05, 0) is 5.56 Å². The Labute approximate surface area is 146 Å². The quantitative estimate of drug-likeness (QED) is 0.826. The van der Waals surface area contributed by atoms with E-state index in [-0.39, 0.29) is 12.0 Å². The van der Waals surface area contributed by atoms with Crippen molar-refractivity contribution in [3.8, 4) is 0 Å². The van der Waals surface area contributed by atoms with Crippen molar-refractivity contribution >= 4 is 11.9 Å². The van der Waals surface area contributed by atoms with E-state index in [1.165, 1.54) is 5.56 Å². The van der Waals surface area contributed by atoms with Crippen molar-refractivity contribution in [1.29, 1.82) is 0 Å². The van der Waals surface area contributed by atoms with Crippen molar-refractivity contribution in [3.05, 3.63) is 48.0 Å².